The number of nitrogens with one attached hydrogen (secondary N) is 1. The molecule has 25 heavy (non-hydrogen) atoms. The molecule has 134 valence electrons. The van der Waals surface area contributed by atoms with Gasteiger partial charge in [0.1, 0.15) is 11.5 Å². The first kappa shape index (κ1) is 19.1. The normalized spacial score (nSPS) is 11.6. The Morgan fingerprint density at radius 2 is 1.88 bits per heavy atom. The van der Waals surface area contributed by atoms with E-state index in [-0.39, 0.29) is 5.91 Å². The molecule has 0 aromatic heterocycles. The molecule has 0 radical (unpaired) electrons. The van der Waals surface area contributed by atoms with Crippen LogP contribution in [0.5, 0.6) is 11.5 Å². The van der Waals surface area contributed by atoms with Crippen molar-refractivity contribution >= 4 is 17.5 Å². The van der Waals surface area contributed by atoms with E-state index in [0.29, 0.717) is 24.5 Å². The molecule has 0 spiro atoms. The van der Waals surface area contributed by atoms with E-state index in [1.54, 1.807) is 13.2 Å². The maximum Gasteiger partial charge on any atom is 0.261 e. The van der Waals surface area contributed by atoms with Crippen LogP contribution in [0.15, 0.2) is 48.5 Å². The molecule has 5 heteroatoms. The number of halogens is 1. The van der Waals surface area contributed by atoms with Crippen LogP contribution in [0.4, 0.5) is 0 Å². The van der Waals surface area contributed by atoms with Gasteiger partial charge in [0.25, 0.3) is 5.91 Å². The number of ether oxygens (including phenoxy) is 2. The molecule has 1 atom stereocenters. The Kier molecular flexibility index (Phi) is 7.61. The number of aryl methyl sites for hydroxylation is 1. The zero-order valence-corrected chi connectivity index (χ0v) is 15.4. The standard InChI is InChI=1S/C20H24ClNO3/c1-3-19(25-18-8-4-7-17(14-18)24-2)20(23)22-13-5-6-15-9-11-16(21)12-10-15/h4,7-12,14,19H,3,5-6,13H2,1-2H3,(H,22,23). The summed E-state index contributed by atoms with van der Waals surface area (Å²) in [6.45, 7) is 2.54. The molecule has 0 aliphatic carbocycles. The lowest BCUT2D eigenvalue weighted by Gasteiger charge is -2.17. The Morgan fingerprint density at radius 3 is 2.56 bits per heavy atom. The highest BCUT2D eigenvalue weighted by molar-refractivity contribution is 6.30. The summed E-state index contributed by atoms with van der Waals surface area (Å²) in [5.41, 5.74) is 1.21. The molecule has 1 unspecified atom stereocenters. The van der Waals surface area contributed by atoms with Gasteiger partial charge in [0.15, 0.2) is 6.10 Å². The summed E-state index contributed by atoms with van der Waals surface area (Å²) in [7, 11) is 1.60. The minimum Gasteiger partial charge on any atom is -0.497 e. The largest absolute Gasteiger partial charge is 0.497 e. The van der Waals surface area contributed by atoms with Gasteiger partial charge in [-0.2, -0.15) is 0 Å². The van der Waals surface area contributed by atoms with Gasteiger partial charge in [-0.05, 0) is 49.1 Å². The molecule has 0 saturated heterocycles. The second-order valence-electron chi connectivity index (χ2n) is 5.71. The molecule has 2 aromatic carbocycles. The molecule has 0 saturated carbocycles. The molecule has 4 nitrogen and oxygen atoms in total. The van der Waals surface area contributed by atoms with Crippen molar-refractivity contribution in [1.82, 2.24) is 5.32 Å². The third kappa shape index (κ3) is 6.31. The molecular weight excluding hydrogens is 338 g/mol. The van der Waals surface area contributed by atoms with Crippen LogP contribution in [-0.2, 0) is 11.2 Å². The maximum atomic E-state index is 12.3. The van der Waals surface area contributed by atoms with E-state index >= 15 is 0 Å². The fraction of sp³-hybridized carbons (Fsp3) is 0.350. The average molecular weight is 362 g/mol. The predicted octanol–water partition coefficient (Wildman–Crippen LogP) is 4.26. The first-order valence-corrected chi connectivity index (χ1v) is 8.83. The van der Waals surface area contributed by atoms with Gasteiger partial charge >= 0.3 is 0 Å². The predicted molar refractivity (Wildman–Crippen MR) is 100 cm³/mol. The minimum absolute atomic E-state index is 0.0959. The highest BCUT2D eigenvalue weighted by Crippen LogP contribution is 2.20. The fourth-order valence-corrected chi connectivity index (χ4v) is 2.56. The van der Waals surface area contributed by atoms with E-state index in [2.05, 4.69) is 5.32 Å². The quantitative estimate of drug-likeness (QED) is 0.679. The Morgan fingerprint density at radius 1 is 1.16 bits per heavy atom. The van der Waals surface area contributed by atoms with E-state index in [9.17, 15) is 4.79 Å². The van der Waals surface area contributed by atoms with Crippen molar-refractivity contribution in [2.24, 2.45) is 0 Å². The van der Waals surface area contributed by atoms with Crippen LogP contribution >= 0.6 is 11.6 Å². The van der Waals surface area contributed by atoms with Crippen LogP contribution < -0.4 is 14.8 Å². The van der Waals surface area contributed by atoms with E-state index in [1.807, 2.05) is 49.4 Å². The van der Waals surface area contributed by atoms with Crippen LogP contribution in [0.3, 0.4) is 0 Å². The number of amides is 1. The Labute approximate surface area is 154 Å². The Hall–Kier alpha value is -2.20. The van der Waals surface area contributed by atoms with E-state index in [0.717, 1.165) is 17.9 Å². The molecule has 0 aliphatic heterocycles. The van der Waals surface area contributed by atoms with Gasteiger partial charge in [-0.3, -0.25) is 4.79 Å². The van der Waals surface area contributed by atoms with Gasteiger partial charge in [0.2, 0.25) is 0 Å². The van der Waals surface area contributed by atoms with Crippen molar-refractivity contribution in [2.75, 3.05) is 13.7 Å². The lowest BCUT2D eigenvalue weighted by molar-refractivity contribution is -0.128. The summed E-state index contributed by atoms with van der Waals surface area (Å²) < 4.78 is 11.0. The number of benzene rings is 2. The molecule has 1 amide bonds. The Balaban J connectivity index is 1.78. The summed E-state index contributed by atoms with van der Waals surface area (Å²) in [4.78, 5) is 12.3. The number of methoxy groups -OCH3 is 1. The van der Waals surface area contributed by atoms with E-state index in [4.69, 9.17) is 21.1 Å². The van der Waals surface area contributed by atoms with Crippen molar-refractivity contribution in [3.8, 4) is 11.5 Å². The molecule has 0 fully saturated rings. The second kappa shape index (κ2) is 9.94. The van der Waals surface area contributed by atoms with Crippen LogP contribution in [0, 0.1) is 0 Å². The number of rotatable bonds is 9. The summed E-state index contributed by atoms with van der Waals surface area (Å²) in [6.07, 6.45) is 1.84. The van der Waals surface area contributed by atoms with Gasteiger partial charge < -0.3 is 14.8 Å². The lowest BCUT2D eigenvalue weighted by atomic mass is 10.1. The van der Waals surface area contributed by atoms with Crippen molar-refractivity contribution < 1.29 is 14.3 Å². The smallest absolute Gasteiger partial charge is 0.261 e. The van der Waals surface area contributed by atoms with Crippen LogP contribution in [-0.4, -0.2) is 25.7 Å². The highest BCUT2D eigenvalue weighted by Gasteiger charge is 2.18. The zero-order valence-electron chi connectivity index (χ0n) is 14.6. The van der Waals surface area contributed by atoms with Gasteiger partial charge in [-0.25, -0.2) is 0 Å². The first-order chi connectivity index (χ1) is 12.1. The number of hydrogen-bond acceptors (Lipinski definition) is 3. The molecule has 2 rings (SSSR count). The van der Waals surface area contributed by atoms with Crippen molar-refractivity contribution in [3.05, 3.63) is 59.1 Å². The van der Waals surface area contributed by atoms with Crippen LogP contribution in [0.1, 0.15) is 25.3 Å². The summed E-state index contributed by atoms with van der Waals surface area (Å²) >= 11 is 5.87. The van der Waals surface area contributed by atoms with Gasteiger partial charge in [-0.15, -0.1) is 0 Å². The van der Waals surface area contributed by atoms with Gasteiger partial charge in [0, 0.05) is 17.6 Å². The van der Waals surface area contributed by atoms with Crippen molar-refractivity contribution in [1.29, 1.82) is 0 Å². The molecular formula is C20H24ClNO3. The topological polar surface area (TPSA) is 47.6 Å². The maximum absolute atomic E-state index is 12.3. The van der Waals surface area contributed by atoms with E-state index in [1.165, 1.54) is 5.56 Å². The molecule has 1 N–H and O–H groups in total. The first-order valence-electron chi connectivity index (χ1n) is 8.45. The lowest BCUT2D eigenvalue weighted by Crippen LogP contribution is -2.38. The third-order valence-electron chi connectivity index (χ3n) is 3.84. The summed E-state index contributed by atoms with van der Waals surface area (Å²) in [6, 6.07) is 15.0. The summed E-state index contributed by atoms with van der Waals surface area (Å²) in [5, 5.41) is 3.68. The molecule has 0 bridgehead atoms. The Bertz CT molecular complexity index is 673. The highest BCUT2D eigenvalue weighted by atomic mass is 35.5. The zero-order chi connectivity index (χ0) is 18.1. The van der Waals surface area contributed by atoms with E-state index < -0.39 is 6.10 Å². The second-order valence-corrected chi connectivity index (χ2v) is 6.15. The van der Waals surface area contributed by atoms with Crippen LogP contribution in [0.2, 0.25) is 5.02 Å². The molecule has 0 aliphatic rings. The van der Waals surface area contributed by atoms with Gasteiger partial charge in [0.05, 0.1) is 7.11 Å². The monoisotopic (exact) mass is 361 g/mol. The summed E-state index contributed by atoms with van der Waals surface area (Å²) in [5.74, 6) is 1.24. The number of hydrogen-bond donors (Lipinski definition) is 1. The molecule has 2 aromatic rings. The molecule has 0 heterocycles. The van der Waals surface area contributed by atoms with Crippen molar-refractivity contribution in [2.45, 2.75) is 32.3 Å². The van der Waals surface area contributed by atoms with Gasteiger partial charge in [-0.1, -0.05) is 36.7 Å². The number of carbonyl (C=O) groups is 1. The SMILES string of the molecule is CCC(Oc1cccc(OC)c1)C(=O)NCCCc1ccc(Cl)cc1. The average Bonchev–Trinajstić information content (AvgIpc) is 2.64. The minimum atomic E-state index is -0.511. The van der Waals surface area contributed by atoms with Crippen molar-refractivity contribution in [3.63, 3.8) is 0 Å². The fourth-order valence-electron chi connectivity index (χ4n) is 2.43. The third-order valence-corrected chi connectivity index (χ3v) is 4.09. The van der Waals surface area contributed by atoms with Crippen LogP contribution in [0.25, 0.3) is 0 Å². The number of carbonyl (C=O) groups excluding carboxylic acids is 1.